The molecule has 0 aromatic heterocycles. The highest BCUT2D eigenvalue weighted by atomic mass is 35.5. The molecule has 0 saturated carbocycles. The summed E-state index contributed by atoms with van der Waals surface area (Å²) in [5, 5.41) is 9.56. The van der Waals surface area contributed by atoms with E-state index in [2.05, 4.69) is 0 Å². The fraction of sp³-hybridized carbons (Fsp3) is 0.200. The van der Waals surface area contributed by atoms with Crippen LogP contribution in [0.3, 0.4) is 0 Å². The molecule has 0 aliphatic heterocycles. The van der Waals surface area contributed by atoms with Gasteiger partial charge in [-0.25, -0.2) is 0 Å². The lowest BCUT2D eigenvalue weighted by atomic mass is 10.1. The van der Waals surface area contributed by atoms with Crippen LogP contribution >= 0.6 is 12.4 Å². The minimum Gasteiger partial charge on any atom is -0.489 e. The standard InChI is InChI=1S/C15H17NO2.ClH/c16-10-15(17)13-6-8-14(9-7-13)18-11-12-4-2-1-3-5-12;/h1-9,15,17H,10-11,16H2;1H. The summed E-state index contributed by atoms with van der Waals surface area (Å²) < 4.78 is 5.65. The highest BCUT2D eigenvalue weighted by Crippen LogP contribution is 2.18. The Hall–Kier alpha value is -1.55. The van der Waals surface area contributed by atoms with Crippen LogP contribution in [0.25, 0.3) is 0 Å². The smallest absolute Gasteiger partial charge is 0.119 e. The first kappa shape index (κ1) is 15.5. The second kappa shape index (κ2) is 7.79. The highest BCUT2D eigenvalue weighted by Gasteiger charge is 2.04. The molecule has 102 valence electrons. The van der Waals surface area contributed by atoms with Crippen LogP contribution < -0.4 is 10.5 Å². The van der Waals surface area contributed by atoms with Crippen LogP contribution in [0.5, 0.6) is 5.75 Å². The Morgan fingerprint density at radius 2 is 1.63 bits per heavy atom. The second-order valence-electron chi connectivity index (χ2n) is 4.09. The van der Waals surface area contributed by atoms with Crippen molar-refractivity contribution in [3.63, 3.8) is 0 Å². The summed E-state index contributed by atoms with van der Waals surface area (Å²) in [4.78, 5) is 0. The molecular weight excluding hydrogens is 262 g/mol. The van der Waals surface area contributed by atoms with Gasteiger partial charge in [0.05, 0.1) is 6.10 Å². The summed E-state index contributed by atoms with van der Waals surface area (Å²) in [6.45, 7) is 0.768. The normalized spacial score (nSPS) is 11.5. The van der Waals surface area contributed by atoms with Crippen molar-refractivity contribution in [3.8, 4) is 5.75 Å². The predicted octanol–water partition coefficient (Wildman–Crippen LogP) is 2.68. The maximum absolute atomic E-state index is 9.56. The van der Waals surface area contributed by atoms with Gasteiger partial charge in [-0.05, 0) is 23.3 Å². The van der Waals surface area contributed by atoms with Crippen LogP contribution in [0.1, 0.15) is 17.2 Å². The zero-order valence-corrected chi connectivity index (χ0v) is 11.3. The molecule has 0 bridgehead atoms. The van der Waals surface area contributed by atoms with Crippen molar-refractivity contribution in [1.82, 2.24) is 0 Å². The van der Waals surface area contributed by atoms with E-state index in [1.54, 1.807) is 0 Å². The number of benzene rings is 2. The summed E-state index contributed by atoms with van der Waals surface area (Å²) in [5.41, 5.74) is 7.33. The summed E-state index contributed by atoms with van der Waals surface area (Å²) >= 11 is 0. The largest absolute Gasteiger partial charge is 0.489 e. The lowest BCUT2D eigenvalue weighted by molar-refractivity contribution is 0.186. The van der Waals surface area contributed by atoms with E-state index < -0.39 is 6.10 Å². The molecule has 2 rings (SSSR count). The van der Waals surface area contributed by atoms with E-state index in [0.717, 1.165) is 16.9 Å². The van der Waals surface area contributed by atoms with Gasteiger partial charge in [-0.15, -0.1) is 12.4 Å². The van der Waals surface area contributed by atoms with Crippen molar-refractivity contribution in [2.45, 2.75) is 12.7 Å². The first-order valence-corrected chi connectivity index (χ1v) is 5.94. The van der Waals surface area contributed by atoms with Crippen LogP contribution in [0.15, 0.2) is 54.6 Å². The van der Waals surface area contributed by atoms with Crippen molar-refractivity contribution in [1.29, 1.82) is 0 Å². The molecule has 0 heterocycles. The molecule has 0 saturated heterocycles. The van der Waals surface area contributed by atoms with E-state index in [-0.39, 0.29) is 19.0 Å². The molecule has 0 spiro atoms. The molecule has 2 aromatic carbocycles. The molecule has 3 nitrogen and oxygen atoms in total. The zero-order valence-electron chi connectivity index (χ0n) is 10.5. The minimum atomic E-state index is -0.604. The number of hydrogen-bond acceptors (Lipinski definition) is 3. The molecule has 1 unspecified atom stereocenters. The van der Waals surface area contributed by atoms with Gasteiger partial charge in [0.15, 0.2) is 0 Å². The van der Waals surface area contributed by atoms with E-state index in [1.807, 2.05) is 54.6 Å². The fourth-order valence-corrected chi connectivity index (χ4v) is 1.66. The molecule has 0 fully saturated rings. The maximum atomic E-state index is 9.56. The van der Waals surface area contributed by atoms with Gasteiger partial charge >= 0.3 is 0 Å². The van der Waals surface area contributed by atoms with Gasteiger partial charge in [-0.1, -0.05) is 42.5 Å². The van der Waals surface area contributed by atoms with Crippen LogP contribution in [0.2, 0.25) is 0 Å². The molecule has 1 atom stereocenters. The SMILES string of the molecule is Cl.NCC(O)c1ccc(OCc2ccccc2)cc1. The van der Waals surface area contributed by atoms with Crippen molar-refractivity contribution in [3.05, 3.63) is 65.7 Å². The summed E-state index contributed by atoms with van der Waals surface area (Å²) in [7, 11) is 0. The van der Waals surface area contributed by atoms with Gasteiger partial charge in [0.2, 0.25) is 0 Å². The Kier molecular flexibility index (Phi) is 6.36. The Bertz CT molecular complexity index is 473. The zero-order chi connectivity index (χ0) is 12.8. The lowest BCUT2D eigenvalue weighted by Crippen LogP contribution is -2.11. The highest BCUT2D eigenvalue weighted by molar-refractivity contribution is 5.85. The number of halogens is 1. The number of ether oxygens (including phenoxy) is 1. The third-order valence-electron chi connectivity index (χ3n) is 2.74. The van der Waals surface area contributed by atoms with Crippen molar-refractivity contribution >= 4 is 12.4 Å². The van der Waals surface area contributed by atoms with Gasteiger partial charge in [-0.2, -0.15) is 0 Å². The number of nitrogens with two attached hydrogens (primary N) is 1. The average molecular weight is 280 g/mol. The van der Waals surface area contributed by atoms with Crippen LogP contribution in [0.4, 0.5) is 0 Å². The fourth-order valence-electron chi connectivity index (χ4n) is 1.66. The van der Waals surface area contributed by atoms with E-state index in [9.17, 15) is 5.11 Å². The minimum absolute atomic E-state index is 0. The topological polar surface area (TPSA) is 55.5 Å². The van der Waals surface area contributed by atoms with E-state index in [4.69, 9.17) is 10.5 Å². The molecule has 0 aliphatic carbocycles. The summed E-state index contributed by atoms with van der Waals surface area (Å²) in [6, 6.07) is 17.3. The van der Waals surface area contributed by atoms with Crippen molar-refractivity contribution in [2.75, 3.05) is 6.54 Å². The molecule has 4 heteroatoms. The van der Waals surface area contributed by atoms with Crippen molar-refractivity contribution < 1.29 is 9.84 Å². The molecule has 0 radical (unpaired) electrons. The Labute approximate surface area is 119 Å². The van der Waals surface area contributed by atoms with Crippen molar-refractivity contribution in [2.24, 2.45) is 5.73 Å². The Balaban J connectivity index is 0.00000180. The van der Waals surface area contributed by atoms with Gasteiger partial charge in [-0.3, -0.25) is 0 Å². The Morgan fingerprint density at radius 3 is 2.21 bits per heavy atom. The summed E-state index contributed by atoms with van der Waals surface area (Å²) in [6.07, 6.45) is -0.604. The molecule has 0 aliphatic rings. The van der Waals surface area contributed by atoms with E-state index in [1.165, 1.54) is 0 Å². The third-order valence-corrected chi connectivity index (χ3v) is 2.74. The molecule has 3 N–H and O–H groups in total. The molecule has 19 heavy (non-hydrogen) atoms. The van der Waals surface area contributed by atoms with Gasteiger partial charge in [0, 0.05) is 6.54 Å². The third kappa shape index (κ3) is 4.56. The first-order chi connectivity index (χ1) is 8.79. The van der Waals surface area contributed by atoms with Gasteiger partial charge in [0.25, 0.3) is 0 Å². The number of hydrogen-bond donors (Lipinski definition) is 2. The number of aliphatic hydroxyl groups excluding tert-OH is 1. The van der Waals surface area contributed by atoms with Gasteiger partial charge < -0.3 is 15.6 Å². The van der Waals surface area contributed by atoms with E-state index >= 15 is 0 Å². The van der Waals surface area contributed by atoms with Crippen LogP contribution in [-0.2, 0) is 6.61 Å². The molecule has 0 amide bonds. The van der Waals surface area contributed by atoms with E-state index in [0.29, 0.717) is 6.61 Å². The average Bonchev–Trinajstić information content (AvgIpc) is 2.46. The first-order valence-electron chi connectivity index (χ1n) is 5.94. The number of rotatable bonds is 5. The van der Waals surface area contributed by atoms with Gasteiger partial charge in [0.1, 0.15) is 12.4 Å². The van der Waals surface area contributed by atoms with Crippen LogP contribution in [-0.4, -0.2) is 11.7 Å². The molecule has 2 aromatic rings. The maximum Gasteiger partial charge on any atom is 0.119 e. The Morgan fingerprint density at radius 1 is 1.00 bits per heavy atom. The monoisotopic (exact) mass is 279 g/mol. The molecular formula is C15H18ClNO2. The predicted molar refractivity (Wildman–Crippen MR) is 78.5 cm³/mol. The second-order valence-corrected chi connectivity index (χ2v) is 4.09. The summed E-state index contributed by atoms with van der Waals surface area (Å²) in [5.74, 6) is 0.784. The number of aliphatic hydroxyl groups is 1. The van der Waals surface area contributed by atoms with Crippen LogP contribution in [0, 0.1) is 0 Å². The lowest BCUT2D eigenvalue weighted by Gasteiger charge is -2.10. The quantitative estimate of drug-likeness (QED) is 0.885.